The Balaban J connectivity index is 0.00000288. The number of carbonyl (C=O) groups is 1. The van der Waals surface area contributed by atoms with Crippen molar-refractivity contribution in [3.8, 4) is 0 Å². The number of rotatable bonds is 6. The highest BCUT2D eigenvalue weighted by Gasteiger charge is 2.31. The molecule has 1 aliphatic heterocycles. The van der Waals surface area contributed by atoms with E-state index >= 15 is 0 Å². The Hall–Kier alpha value is -1.15. The molecule has 6 nitrogen and oxygen atoms in total. The molecule has 0 saturated carbocycles. The number of sulfonamides is 1. The van der Waals surface area contributed by atoms with Crippen molar-refractivity contribution in [2.45, 2.75) is 31.6 Å². The van der Waals surface area contributed by atoms with Gasteiger partial charge < -0.3 is 10.4 Å². The molecule has 0 radical (unpaired) electrons. The van der Waals surface area contributed by atoms with Gasteiger partial charge in [0.05, 0.1) is 11.4 Å². The molecule has 0 amide bonds. The van der Waals surface area contributed by atoms with Crippen LogP contribution in [0, 0.1) is 19.8 Å². The number of carboxylic acids is 1. The van der Waals surface area contributed by atoms with E-state index in [1.807, 2.05) is 26.0 Å². The number of nitrogens with zero attached hydrogens (tertiary/aromatic N) is 1. The van der Waals surface area contributed by atoms with Gasteiger partial charge in [0.25, 0.3) is 0 Å². The minimum absolute atomic E-state index is 0. The van der Waals surface area contributed by atoms with Crippen LogP contribution < -0.4 is 5.32 Å². The minimum atomic E-state index is -3.49. The molecule has 2 N–H and O–H groups in total. The third kappa shape index (κ3) is 5.17. The van der Waals surface area contributed by atoms with E-state index in [-0.39, 0.29) is 24.9 Å². The number of aryl methyl sites for hydroxylation is 2. The van der Waals surface area contributed by atoms with Crippen LogP contribution in [0.5, 0.6) is 0 Å². The average molecular weight is 377 g/mol. The van der Waals surface area contributed by atoms with E-state index in [1.165, 1.54) is 4.31 Å². The van der Waals surface area contributed by atoms with Crippen molar-refractivity contribution < 1.29 is 18.3 Å². The van der Waals surface area contributed by atoms with Gasteiger partial charge in [-0.2, -0.15) is 4.31 Å². The summed E-state index contributed by atoms with van der Waals surface area (Å²) in [6, 6.07) is 5.37. The second-order valence-electron chi connectivity index (χ2n) is 6.16. The molecule has 0 aromatic heterocycles. The first-order valence-corrected chi connectivity index (χ1v) is 9.24. The first-order valence-electron chi connectivity index (χ1n) is 7.80. The maximum absolute atomic E-state index is 12.9. The fourth-order valence-corrected chi connectivity index (χ4v) is 4.78. The lowest BCUT2D eigenvalue weighted by atomic mass is 10.00. The molecule has 1 unspecified atom stereocenters. The molecule has 1 fully saturated rings. The first-order chi connectivity index (χ1) is 10.8. The van der Waals surface area contributed by atoms with Crippen LogP contribution in [0.4, 0.5) is 0 Å². The van der Waals surface area contributed by atoms with Gasteiger partial charge in [-0.05, 0) is 50.8 Å². The quantitative estimate of drug-likeness (QED) is 0.790. The van der Waals surface area contributed by atoms with E-state index in [2.05, 4.69) is 5.32 Å². The molecule has 0 aliphatic carbocycles. The second kappa shape index (κ2) is 8.80. The minimum Gasteiger partial charge on any atom is -0.480 e. The summed E-state index contributed by atoms with van der Waals surface area (Å²) in [5.74, 6) is -0.760. The highest BCUT2D eigenvalue weighted by Crippen LogP contribution is 2.25. The Morgan fingerprint density at radius 3 is 2.71 bits per heavy atom. The number of carboxylic acid groups (broad SMARTS) is 1. The SMILES string of the molecule is Cc1ccc(S(=O)(=O)N2CCCC(CNCC(=O)O)C2)c(C)c1.Cl. The summed E-state index contributed by atoms with van der Waals surface area (Å²) in [4.78, 5) is 10.9. The smallest absolute Gasteiger partial charge is 0.317 e. The Kier molecular flexibility index (Phi) is 7.66. The zero-order valence-corrected chi connectivity index (χ0v) is 15.6. The normalized spacial score (nSPS) is 18.8. The van der Waals surface area contributed by atoms with Crippen LogP contribution in [-0.4, -0.2) is 50.0 Å². The van der Waals surface area contributed by atoms with Crippen molar-refractivity contribution in [2.75, 3.05) is 26.2 Å². The highest BCUT2D eigenvalue weighted by molar-refractivity contribution is 7.89. The number of aliphatic carboxylic acids is 1. The van der Waals surface area contributed by atoms with Gasteiger partial charge in [0.1, 0.15) is 0 Å². The van der Waals surface area contributed by atoms with E-state index in [4.69, 9.17) is 5.11 Å². The second-order valence-corrected chi connectivity index (χ2v) is 8.07. The van der Waals surface area contributed by atoms with E-state index < -0.39 is 16.0 Å². The van der Waals surface area contributed by atoms with Crippen molar-refractivity contribution in [2.24, 2.45) is 5.92 Å². The highest BCUT2D eigenvalue weighted by atomic mass is 35.5. The van der Waals surface area contributed by atoms with Gasteiger partial charge in [0.2, 0.25) is 10.0 Å². The third-order valence-electron chi connectivity index (χ3n) is 4.14. The van der Waals surface area contributed by atoms with Gasteiger partial charge in [-0.3, -0.25) is 4.79 Å². The van der Waals surface area contributed by atoms with Crippen molar-refractivity contribution in [3.63, 3.8) is 0 Å². The maximum atomic E-state index is 12.9. The number of hydrogen-bond donors (Lipinski definition) is 2. The number of benzene rings is 1. The zero-order valence-electron chi connectivity index (χ0n) is 14.0. The predicted molar refractivity (Wildman–Crippen MR) is 95.2 cm³/mol. The number of piperidine rings is 1. The zero-order chi connectivity index (χ0) is 17.0. The molecule has 1 aromatic carbocycles. The third-order valence-corrected chi connectivity index (χ3v) is 6.16. The van der Waals surface area contributed by atoms with Crippen LogP contribution in [0.1, 0.15) is 24.0 Å². The van der Waals surface area contributed by atoms with Gasteiger partial charge in [0.15, 0.2) is 0 Å². The largest absolute Gasteiger partial charge is 0.480 e. The summed E-state index contributed by atoms with van der Waals surface area (Å²) >= 11 is 0. The summed E-state index contributed by atoms with van der Waals surface area (Å²) in [5.41, 5.74) is 1.80. The molecular formula is C16H25ClN2O4S. The summed E-state index contributed by atoms with van der Waals surface area (Å²) in [5, 5.41) is 11.5. The van der Waals surface area contributed by atoms with Crippen molar-refractivity contribution in [3.05, 3.63) is 29.3 Å². The van der Waals surface area contributed by atoms with Gasteiger partial charge >= 0.3 is 5.97 Å². The molecule has 1 atom stereocenters. The predicted octanol–water partition coefficient (Wildman–Crippen LogP) is 1.80. The lowest BCUT2D eigenvalue weighted by molar-refractivity contribution is -0.136. The first kappa shape index (κ1) is 20.9. The van der Waals surface area contributed by atoms with Crippen molar-refractivity contribution in [1.82, 2.24) is 9.62 Å². The molecule has 136 valence electrons. The lowest BCUT2D eigenvalue weighted by Gasteiger charge is -2.32. The molecule has 24 heavy (non-hydrogen) atoms. The number of hydrogen-bond acceptors (Lipinski definition) is 4. The Labute approximate surface area is 149 Å². The Bertz CT molecular complexity index is 679. The standard InChI is InChI=1S/C16H24N2O4S.ClH/c1-12-5-6-15(13(2)8-12)23(21,22)18-7-3-4-14(11-18)9-17-10-16(19)20;/h5-6,8,14,17H,3-4,7,9-11H2,1-2H3,(H,19,20);1H. The molecule has 2 rings (SSSR count). The van der Waals surface area contributed by atoms with Gasteiger partial charge in [-0.15, -0.1) is 12.4 Å². The van der Waals surface area contributed by atoms with E-state index in [1.54, 1.807) is 6.07 Å². The molecule has 1 aliphatic rings. The van der Waals surface area contributed by atoms with Gasteiger partial charge in [0, 0.05) is 13.1 Å². The maximum Gasteiger partial charge on any atom is 0.317 e. The summed E-state index contributed by atoms with van der Waals surface area (Å²) in [6.45, 7) is 5.13. The molecule has 1 aromatic rings. The van der Waals surface area contributed by atoms with E-state index in [9.17, 15) is 13.2 Å². The van der Waals surface area contributed by atoms with Crippen molar-refractivity contribution >= 4 is 28.4 Å². The van der Waals surface area contributed by atoms with Gasteiger partial charge in [-0.25, -0.2) is 8.42 Å². The van der Waals surface area contributed by atoms with Crippen molar-refractivity contribution in [1.29, 1.82) is 0 Å². The fourth-order valence-electron chi connectivity index (χ4n) is 3.02. The van der Waals surface area contributed by atoms with Crippen LogP contribution in [0.2, 0.25) is 0 Å². The molecule has 0 spiro atoms. The molecular weight excluding hydrogens is 352 g/mol. The molecule has 1 heterocycles. The van der Waals surface area contributed by atoms with E-state index in [0.29, 0.717) is 24.5 Å². The number of halogens is 1. The Morgan fingerprint density at radius 1 is 1.38 bits per heavy atom. The van der Waals surface area contributed by atoms with Crippen LogP contribution >= 0.6 is 12.4 Å². The Morgan fingerprint density at radius 2 is 2.08 bits per heavy atom. The molecule has 1 saturated heterocycles. The average Bonchev–Trinajstić information content (AvgIpc) is 2.46. The molecule has 0 bridgehead atoms. The van der Waals surface area contributed by atoms with Crippen LogP contribution in [0.3, 0.4) is 0 Å². The van der Waals surface area contributed by atoms with Crippen LogP contribution in [0.15, 0.2) is 23.1 Å². The van der Waals surface area contributed by atoms with E-state index in [0.717, 1.165) is 24.0 Å². The lowest BCUT2D eigenvalue weighted by Crippen LogP contribution is -2.43. The summed E-state index contributed by atoms with van der Waals surface area (Å²) in [6.07, 6.45) is 1.70. The topological polar surface area (TPSA) is 86.7 Å². The monoisotopic (exact) mass is 376 g/mol. The fraction of sp³-hybridized carbons (Fsp3) is 0.562. The van der Waals surface area contributed by atoms with Crippen LogP contribution in [0.25, 0.3) is 0 Å². The number of nitrogens with one attached hydrogen (secondary N) is 1. The summed E-state index contributed by atoms with van der Waals surface area (Å²) in [7, 11) is -3.49. The van der Waals surface area contributed by atoms with Crippen LogP contribution in [-0.2, 0) is 14.8 Å². The molecule has 8 heteroatoms. The van der Waals surface area contributed by atoms with Gasteiger partial charge in [-0.1, -0.05) is 17.7 Å². The summed E-state index contributed by atoms with van der Waals surface area (Å²) < 4.78 is 27.2.